The van der Waals surface area contributed by atoms with Crippen LogP contribution in [-0.2, 0) is 16.0 Å². The Morgan fingerprint density at radius 2 is 1.79 bits per heavy atom. The maximum absolute atomic E-state index is 12.3. The first kappa shape index (κ1) is 19.1. The number of nitrogens with zero attached hydrogens (tertiary/aromatic N) is 1. The third-order valence-corrected chi connectivity index (χ3v) is 5.01. The minimum atomic E-state index is -0.733. The molecule has 29 heavy (non-hydrogen) atoms. The highest BCUT2D eigenvalue weighted by Gasteiger charge is 2.22. The van der Waals surface area contributed by atoms with Gasteiger partial charge in [0.15, 0.2) is 11.5 Å². The van der Waals surface area contributed by atoms with Crippen LogP contribution in [0.15, 0.2) is 36.4 Å². The fraction of sp³-hybridized carbons (Fsp3) is 0.333. The van der Waals surface area contributed by atoms with Gasteiger partial charge in [0.1, 0.15) is 5.75 Å². The molecule has 0 fully saturated rings. The third kappa shape index (κ3) is 4.12. The van der Waals surface area contributed by atoms with Gasteiger partial charge in [-0.25, -0.2) is 0 Å². The minimum absolute atomic E-state index is 0.0665. The number of likely N-dealkylation sites (N-methyl/N-ethyl adjacent to an activating group) is 1. The van der Waals surface area contributed by atoms with Gasteiger partial charge in [0.05, 0.1) is 12.6 Å². The van der Waals surface area contributed by atoms with Crippen molar-refractivity contribution in [3.05, 3.63) is 47.5 Å². The van der Waals surface area contributed by atoms with E-state index in [1.807, 2.05) is 31.1 Å². The van der Waals surface area contributed by atoms with Crippen molar-refractivity contribution in [3.63, 3.8) is 0 Å². The first-order chi connectivity index (χ1) is 14.0. The van der Waals surface area contributed by atoms with Crippen molar-refractivity contribution in [2.24, 2.45) is 0 Å². The molecule has 0 saturated heterocycles. The number of carbonyl (C=O) groups is 2. The number of benzene rings is 2. The first-order valence-electron chi connectivity index (χ1n) is 9.42. The molecule has 8 heteroatoms. The summed E-state index contributed by atoms with van der Waals surface area (Å²) in [5.41, 5.74) is 2.70. The van der Waals surface area contributed by atoms with Crippen molar-refractivity contribution in [1.82, 2.24) is 10.2 Å². The van der Waals surface area contributed by atoms with Crippen LogP contribution in [0.4, 0.5) is 5.69 Å². The van der Waals surface area contributed by atoms with Gasteiger partial charge in [-0.15, -0.1) is 0 Å². The fourth-order valence-corrected chi connectivity index (χ4v) is 3.44. The van der Waals surface area contributed by atoms with E-state index >= 15 is 0 Å². The molecule has 2 N–H and O–H groups in total. The Hall–Kier alpha value is -3.26. The summed E-state index contributed by atoms with van der Waals surface area (Å²) >= 11 is 0. The van der Waals surface area contributed by atoms with Gasteiger partial charge in [0.2, 0.25) is 6.79 Å². The van der Waals surface area contributed by atoms with Crippen molar-refractivity contribution >= 4 is 17.5 Å². The molecule has 0 saturated carbocycles. The summed E-state index contributed by atoms with van der Waals surface area (Å²) in [4.78, 5) is 26.6. The number of nitrogens with one attached hydrogen (secondary N) is 2. The number of hydrogen-bond donors (Lipinski definition) is 2. The number of hydrogen-bond acceptors (Lipinski definition) is 6. The highest BCUT2D eigenvalue weighted by Crippen LogP contribution is 2.34. The van der Waals surface area contributed by atoms with Gasteiger partial charge in [0, 0.05) is 24.7 Å². The second-order valence-electron chi connectivity index (χ2n) is 7.18. The largest absolute Gasteiger partial charge is 0.493 e. The van der Waals surface area contributed by atoms with Gasteiger partial charge in [-0.05, 0) is 43.4 Å². The van der Waals surface area contributed by atoms with E-state index < -0.39 is 11.8 Å². The molecule has 8 nitrogen and oxygen atoms in total. The van der Waals surface area contributed by atoms with Crippen molar-refractivity contribution < 1.29 is 23.8 Å². The Labute approximate surface area is 168 Å². The standard InChI is InChI=1S/C21H23N3O5/c1-24(2)16(13-3-5-17-14(9-13)7-8-27-17)11-22-20(25)21(26)23-15-4-6-18-19(10-15)29-12-28-18/h3-6,9-10,16H,7-8,11-12H2,1-2H3,(H,22,25)(H,23,26)/t16-/m1/s1. The Kier molecular flexibility index (Phi) is 5.26. The molecular weight excluding hydrogens is 374 g/mol. The molecule has 0 radical (unpaired) electrons. The summed E-state index contributed by atoms with van der Waals surface area (Å²) in [5.74, 6) is 0.638. The summed E-state index contributed by atoms with van der Waals surface area (Å²) in [6.45, 7) is 1.15. The number of carbonyl (C=O) groups excluding carboxylic acids is 2. The van der Waals surface area contributed by atoms with Crippen LogP contribution in [0.2, 0.25) is 0 Å². The lowest BCUT2D eigenvalue weighted by Crippen LogP contribution is -2.40. The zero-order valence-electron chi connectivity index (χ0n) is 16.4. The van der Waals surface area contributed by atoms with E-state index in [0.717, 1.165) is 17.7 Å². The van der Waals surface area contributed by atoms with Crippen LogP contribution >= 0.6 is 0 Å². The normalized spacial score (nSPS) is 14.9. The summed E-state index contributed by atoms with van der Waals surface area (Å²) in [6, 6.07) is 11.0. The molecule has 2 aliphatic heterocycles. The predicted molar refractivity (Wildman–Crippen MR) is 106 cm³/mol. The van der Waals surface area contributed by atoms with Gasteiger partial charge in [0.25, 0.3) is 0 Å². The third-order valence-electron chi connectivity index (χ3n) is 5.01. The molecule has 1 atom stereocenters. The fourth-order valence-electron chi connectivity index (χ4n) is 3.44. The summed E-state index contributed by atoms with van der Waals surface area (Å²) in [7, 11) is 3.88. The number of ether oxygens (including phenoxy) is 3. The maximum atomic E-state index is 12.3. The molecule has 4 rings (SSSR count). The Morgan fingerprint density at radius 1 is 1.00 bits per heavy atom. The molecular formula is C21H23N3O5. The van der Waals surface area contributed by atoms with Crippen molar-refractivity contribution in [2.45, 2.75) is 12.5 Å². The van der Waals surface area contributed by atoms with E-state index in [2.05, 4.69) is 16.7 Å². The highest BCUT2D eigenvalue weighted by atomic mass is 16.7. The molecule has 0 aliphatic carbocycles. The lowest BCUT2D eigenvalue weighted by molar-refractivity contribution is -0.136. The number of rotatable bonds is 5. The first-order valence-corrected chi connectivity index (χ1v) is 9.42. The van der Waals surface area contributed by atoms with Gasteiger partial charge >= 0.3 is 11.8 Å². The van der Waals surface area contributed by atoms with Crippen LogP contribution in [0, 0.1) is 0 Å². The molecule has 0 aromatic heterocycles. The van der Waals surface area contributed by atoms with Gasteiger partial charge in [-0.3, -0.25) is 9.59 Å². The van der Waals surface area contributed by atoms with Crippen LogP contribution < -0.4 is 24.8 Å². The summed E-state index contributed by atoms with van der Waals surface area (Å²) in [6.07, 6.45) is 0.883. The van der Waals surface area contributed by atoms with Crippen molar-refractivity contribution in [3.8, 4) is 17.2 Å². The smallest absolute Gasteiger partial charge is 0.313 e. The monoisotopic (exact) mass is 397 g/mol. The lowest BCUT2D eigenvalue weighted by Gasteiger charge is -2.25. The quantitative estimate of drug-likeness (QED) is 0.747. The van der Waals surface area contributed by atoms with Crippen LogP contribution in [0.1, 0.15) is 17.2 Å². The van der Waals surface area contributed by atoms with Crippen LogP contribution in [-0.4, -0.2) is 50.8 Å². The summed E-state index contributed by atoms with van der Waals surface area (Å²) < 4.78 is 16.1. The van der Waals surface area contributed by atoms with Crippen LogP contribution in [0.5, 0.6) is 17.2 Å². The molecule has 0 spiro atoms. The van der Waals surface area contributed by atoms with E-state index in [1.54, 1.807) is 18.2 Å². The predicted octanol–water partition coefficient (Wildman–Crippen LogP) is 1.71. The zero-order valence-corrected chi connectivity index (χ0v) is 16.4. The Bertz CT molecular complexity index is 944. The topological polar surface area (TPSA) is 89.1 Å². The number of fused-ring (bicyclic) bond motifs is 2. The second-order valence-corrected chi connectivity index (χ2v) is 7.18. The molecule has 2 aromatic carbocycles. The van der Waals surface area contributed by atoms with Crippen molar-refractivity contribution in [2.75, 3.05) is 39.4 Å². The molecule has 0 unspecified atom stereocenters. The molecule has 2 aromatic rings. The van der Waals surface area contributed by atoms with E-state index in [1.165, 1.54) is 5.56 Å². The average molecular weight is 397 g/mol. The van der Waals surface area contributed by atoms with Crippen LogP contribution in [0.25, 0.3) is 0 Å². The number of anilines is 1. The van der Waals surface area contributed by atoms with E-state index in [9.17, 15) is 9.59 Å². The van der Waals surface area contributed by atoms with Gasteiger partial charge in [-0.2, -0.15) is 0 Å². The maximum Gasteiger partial charge on any atom is 0.313 e. The second kappa shape index (κ2) is 8.00. The van der Waals surface area contributed by atoms with Crippen molar-refractivity contribution in [1.29, 1.82) is 0 Å². The number of amides is 2. The van der Waals surface area contributed by atoms with Gasteiger partial charge < -0.3 is 29.7 Å². The van der Waals surface area contributed by atoms with Crippen LogP contribution in [0.3, 0.4) is 0 Å². The Morgan fingerprint density at radius 3 is 2.62 bits per heavy atom. The zero-order chi connectivity index (χ0) is 20.4. The molecule has 2 aliphatic rings. The van der Waals surface area contributed by atoms with Gasteiger partial charge in [-0.1, -0.05) is 12.1 Å². The summed E-state index contributed by atoms with van der Waals surface area (Å²) in [5, 5.41) is 5.30. The minimum Gasteiger partial charge on any atom is -0.493 e. The lowest BCUT2D eigenvalue weighted by atomic mass is 10.0. The molecule has 2 amide bonds. The SMILES string of the molecule is CN(C)[C@H](CNC(=O)C(=O)Nc1ccc2c(c1)OCO2)c1ccc2c(c1)CCO2. The Balaban J connectivity index is 1.37. The molecule has 0 bridgehead atoms. The van der Waals surface area contributed by atoms with E-state index in [-0.39, 0.29) is 12.8 Å². The average Bonchev–Trinajstić information content (AvgIpc) is 3.35. The molecule has 152 valence electrons. The highest BCUT2D eigenvalue weighted by molar-refractivity contribution is 6.39. The van der Waals surface area contributed by atoms with E-state index in [0.29, 0.717) is 30.3 Å². The van der Waals surface area contributed by atoms with E-state index in [4.69, 9.17) is 14.2 Å². The molecule has 2 heterocycles.